The molecule has 0 amide bonds. The van der Waals surface area contributed by atoms with E-state index in [0.29, 0.717) is 0 Å². The molecule has 104 valence electrons. The van der Waals surface area contributed by atoms with Gasteiger partial charge in [0.05, 0.1) is 5.56 Å². The third-order valence-corrected chi connectivity index (χ3v) is 3.92. The number of nitrogens with two attached hydrogens (primary N) is 1. The summed E-state index contributed by atoms with van der Waals surface area (Å²) in [5.41, 5.74) is 5.04. The summed E-state index contributed by atoms with van der Waals surface area (Å²) in [5.74, 6) is -0.801. The fourth-order valence-electron chi connectivity index (χ4n) is 1.52. The second kappa shape index (κ2) is 5.47. The number of halogens is 1. The van der Waals surface area contributed by atoms with Gasteiger partial charge in [-0.25, -0.2) is 12.8 Å². The van der Waals surface area contributed by atoms with E-state index in [9.17, 15) is 12.8 Å². The maximum atomic E-state index is 13.7. The number of anilines is 1. The number of hydrogen-bond acceptors (Lipinski definition) is 5. The van der Waals surface area contributed by atoms with Crippen LogP contribution in [0.2, 0.25) is 0 Å². The first-order chi connectivity index (χ1) is 9.42. The molecule has 9 heteroatoms. The van der Waals surface area contributed by atoms with Gasteiger partial charge in [0.25, 0.3) is 10.0 Å². The Morgan fingerprint density at radius 3 is 2.65 bits per heavy atom. The van der Waals surface area contributed by atoms with E-state index in [0.717, 1.165) is 6.07 Å². The molecule has 0 bridgehead atoms. The van der Waals surface area contributed by atoms with Crippen molar-refractivity contribution in [2.45, 2.75) is 4.90 Å². The maximum absolute atomic E-state index is 13.7. The molecule has 1 heterocycles. The zero-order valence-corrected chi connectivity index (χ0v) is 11.6. The van der Waals surface area contributed by atoms with Gasteiger partial charge in [-0.05, 0) is 24.3 Å². The highest BCUT2D eigenvalue weighted by atomic mass is 32.2. The molecule has 1 aromatic carbocycles. The molecule has 2 aromatic rings. The number of rotatable bonds is 4. The van der Waals surface area contributed by atoms with E-state index in [1.165, 1.54) is 30.5 Å². The lowest BCUT2D eigenvalue weighted by Crippen LogP contribution is -2.21. The second-order valence-corrected chi connectivity index (χ2v) is 5.78. The van der Waals surface area contributed by atoms with Crippen LogP contribution in [-0.4, -0.2) is 23.6 Å². The molecule has 1 aromatic heterocycles. The van der Waals surface area contributed by atoms with E-state index >= 15 is 0 Å². The van der Waals surface area contributed by atoms with Gasteiger partial charge in [0.1, 0.15) is 15.7 Å². The lowest BCUT2D eigenvalue weighted by atomic mass is 10.2. The van der Waals surface area contributed by atoms with Crippen LogP contribution in [0, 0.1) is 5.82 Å². The van der Waals surface area contributed by atoms with E-state index in [2.05, 4.69) is 27.1 Å². The van der Waals surface area contributed by atoms with Crippen molar-refractivity contribution in [2.75, 3.05) is 4.72 Å². The average Bonchev–Trinajstić information content (AvgIpc) is 2.38. The maximum Gasteiger partial charge on any atom is 0.263 e. The van der Waals surface area contributed by atoms with Crippen molar-refractivity contribution in [3.05, 3.63) is 47.9 Å². The summed E-state index contributed by atoms with van der Waals surface area (Å²) in [5, 5.41) is 7.12. The van der Waals surface area contributed by atoms with Crippen molar-refractivity contribution < 1.29 is 12.8 Å². The topological polar surface area (TPSA) is 98.0 Å². The lowest BCUT2D eigenvalue weighted by Gasteiger charge is -2.11. The minimum atomic E-state index is -4.07. The zero-order valence-electron chi connectivity index (χ0n) is 9.95. The summed E-state index contributed by atoms with van der Waals surface area (Å²) in [6.45, 7) is 0. The van der Waals surface area contributed by atoms with Gasteiger partial charge in [-0.2, -0.15) is 5.10 Å². The quantitative estimate of drug-likeness (QED) is 0.819. The Morgan fingerprint density at radius 1 is 1.30 bits per heavy atom. The summed E-state index contributed by atoms with van der Waals surface area (Å²) < 4.78 is 40.3. The normalized spacial score (nSPS) is 11.1. The van der Waals surface area contributed by atoms with Crippen molar-refractivity contribution in [2.24, 2.45) is 5.73 Å². The van der Waals surface area contributed by atoms with Crippen LogP contribution in [0.1, 0.15) is 5.56 Å². The standard InChI is InChI=1S/C11H9FN4O2S2/c12-7-3-1-4-8(10(7)11(13)19)20(17,18)16-9-5-2-6-14-15-9/h1-6H,(H2,13,19)(H,15,16). The van der Waals surface area contributed by atoms with Gasteiger partial charge in [-0.3, -0.25) is 4.72 Å². The van der Waals surface area contributed by atoms with Gasteiger partial charge in [-0.15, -0.1) is 5.10 Å². The Bertz CT molecular complexity index is 750. The number of nitrogens with one attached hydrogen (secondary N) is 1. The van der Waals surface area contributed by atoms with Crippen molar-refractivity contribution in [3.8, 4) is 0 Å². The van der Waals surface area contributed by atoms with Crippen LogP contribution in [0.4, 0.5) is 10.2 Å². The van der Waals surface area contributed by atoms with Gasteiger partial charge in [0.2, 0.25) is 0 Å². The van der Waals surface area contributed by atoms with Crippen LogP contribution < -0.4 is 10.5 Å². The smallest absolute Gasteiger partial charge is 0.263 e. The molecule has 0 aliphatic rings. The van der Waals surface area contributed by atoms with Crippen LogP contribution in [0.25, 0.3) is 0 Å². The van der Waals surface area contributed by atoms with Crippen LogP contribution in [0.15, 0.2) is 41.4 Å². The third kappa shape index (κ3) is 2.89. The van der Waals surface area contributed by atoms with Crippen molar-refractivity contribution in [3.63, 3.8) is 0 Å². The molecular formula is C11H9FN4O2S2. The monoisotopic (exact) mass is 312 g/mol. The molecule has 0 unspecified atom stereocenters. The fraction of sp³-hybridized carbons (Fsp3) is 0. The van der Waals surface area contributed by atoms with E-state index in [4.69, 9.17) is 5.73 Å². The Balaban J connectivity index is 2.50. The van der Waals surface area contributed by atoms with Crippen LogP contribution in [-0.2, 0) is 10.0 Å². The molecule has 0 radical (unpaired) electrons. The minimum absolute atomic E-state index is 0.00523. The molecule has 0 saturated carbocycles. The number of nitrogens with zero attached hydrogens (tertiary/aromatic N) is 2. The van der Waals surface area contributed by atoms with Gasteiger partial charge >= 0.3 is 0 Å². The molecule has 6 nitrogen and oxygen atoms in total. The molecule has 3 N–H and O–H groups in total. The molecule has 20 heavy (non-hydrogen) atoms. The molecule has 0 spiro atoms. The second-order valence-electron chi connectivity index (χ2n) is 3.69. The largest absolute Gasteiger partial charge is 0.389 e. The number of sulfonamides is 1. The first-order valence-electron chi connectivity index (χ1n) is 5.30. The first-order valence-corrected chi connectivity index (χ1v) is 7.20. The van der Waals surface area contributed by atoms with E-state index in [1.807, 2.05) is 0 Å². The van der Waals surface area contributed by atoms with E-state index < -0.39 is 15.8 Å². The highest BCUT2D eigenvalue weighted by Crippen LogP contribution is 2.21. The Hall–Kier alpha value is -2.13. The van der Waals surface area contributed by atoms with Gasteiger partial charge in [-0.1, -0.05) is 18.3 Å². The fourth-order valence-corrected chi connectivity index (χ4v) is 3.02. The predicted molar refractivity (Wildman–Crippen MR) is 75.1 cm³/mol. The molecule has 2 rings (SSSR count). The van der Waals surface area contributed by atoms with Crippen molar-refractivity contribution in [1.29, 1.82) is 0 Å². The SMILES string of the molecule is NC(=S)c1c(F)cccc1S(=O)(=O)Nc1cccnn1. The minimum Gasteiger partial charge on any atom is -0.389 e. The summed E-state index contributed by atoms with van der Waals surface area (Å²) in [6, 6.07) is 6.45. The summed E-state index contributed by atoms with van der Waals surface area (Å²) in [7, 11) is -4.07. The van der Waals surface area contributed by atoms with Gasteiger partial charge < -0.3 is 5.73 Å². The molecule has 0 saturated heterocycles. The Labute approximate surface area is 119 Å². The van der Waals surface area contributed by atoms with E-state index in [1.54, 1.807) is 0 Å². The highest BCUT2D eigenvalue weighted by Gasteiger charge is 2.23. The number of benzene rings is 1. The predicted octanol–water partition coefficient (Wildman–Crippen LogP) is 1.05. The molecule has 0 aliphatic carbocycles. The number of aromatic nitrogens is 2. The average molecular weight is 312 g/mol. The highest BCUT2D eigenvalue weighted by molar-refractivity contribution is 7.93. The molecule has 0 aliphatic heterocycles. The molecule has 0 atom stereocenters. The molecule has 0 fully saturated rings. The zero-order chi connectivity index (χ0) is 14.8. The summed E-state index contributed by atoms with van der Waals surface area (Å²) in [6.07, 6.45) is 1.39. The van der Waals surface area contributed by atoms with Crippen LogP contribution in [0.5, 0.6) is 0 Å². The van der Waals surface area contributed by atoms with Gasteiger partial charge in [0, 0.05) is 6.20 Å². The Kier molecular flexibility index (Phi) is 3.91. The summed E-state index contributed by atoms with van der Waals surface area (Å²) in [4.78, 5) is -0.696. The Morgan fingerprint density at radius 2 is 2.05 bits per heavy atom. The van der Waals surface area contributed by atoms with Crippen molar-refractivity contribution in [1.82, 2.24) is 10.2 Å². The van der Waals surface area contributed by atoms with Crippen LogP contribution in [0.3, 0.4) is 0 Å². The lowest BCUT2D eigenvalue weighted by molar-refractivity contribution is 0.594. The van der Waals surface area contributed by atoms with Crippen LogP contribution >= 0.6 is 12.2 Å². The summed E-state index contributed by atoms with van der Waals surface area (Å²) >= 11 is 4.69. The van der Waals surface area contributed by atoms with Gasteiger partial charge in [0.15, 0.2) is 5.82 Å². The van der Waals surface area contributed by atoms with E-state index in [-0.39, 0.29) is 21.3 Å². The first kappa shape index (κ1) is 14.3. The number of thiocarbonyl (C=S) groups is 1. The molecular weight excluding hydrogens is 303 g/mol. The van der Waals surface area contributed by atoms with Crippen molar-refractivity contribution >= 4 is 33.0 Å². The third-order valence-electron chi connectivity index (χ3n) is 2.32. The number of hydrogen-bond donors (Lipinski definition) is 2.